The highest BCUT2D eigenvalue weighted by atomic mass is 79.9. The fraction of sp³-hybridized carbons (Fsp3) is 0.615. The molecule has 1 aliphatic rings. The lowest BCUT2D eigenvalue weighted by Crippen LogP contribution is -2.56. The second kappa shape index (κ2) is 7.04. The Morgan fingerprint density at radius 2 is 1.86 bits per heavy atom. The lowest BCUT2D eigenvalue weighted by Gasteiger charge is -2.34. The molecule has 0 bridgehead atoms. The van der Waals surface area contributed by atoms with Crippen LogP contribution in [0.5, 0.6) is 0 Å². The van der Waals surface area contributed by atoms with Gasteiger partial charge in [0.25, 0.3) is 10.0 Å². The summed E-state index contributed by atoms with van der Waals surface area (Å²) in [5, 5.41) is 1.74. The van der Waals surface area contributed by atoms with Gasteiger partial charge in [0.2, 0.25) is 0 Å². The molecule has 0 amide bonds. The molecule has 8 heteroatoms. The molecule has 1 aromatic heterocycles. The van der Waals surface area contributed by atoms with Crippen molar-refractivity contribution in [2.24, 2.45) is 5.73 Å². The van der Waals surface area contributed by atoms with Gasteiger partial charge in [-0.25, -0.2) is 8.42 Å². The Balaban J connectivity index is 2.31. The molecule has 1 heterocycles. The smallest absolute Gasteiger partial charge is 0.252 e. The Kier molecular flexibility index (Phi) is 5.81. The second-order valence-corrected chi connectivity index (χ2v) is 9.46. The zero-order valence-corrected chi connectivity index (χ0v) is 15.6. The first kappa shape index (κ1) is 17.3. The normalized spacial score (nSPS) is 19.7. The van der Waals surface area contributed by atoms with Gasteiger partial charge in [-0.05, 0) is 40.2 Å². The number of thiocarbonyl (C=S) groups is 1. The van der Waals surface area contributed by atoms with E-state index in [2.05, 4.69) is 20.7 Å². The van der Waals surface area contributed by atoms with Gasteiger partial charge in [-0.15, -0.1) is 11.3 Å². The van der Waals surface area contributed by atoms with Crippen LogP contribution in [-0.4, -0.2) is 18.9 Å². The van der Waals surface area contributed by atoms with Crippen LogP contribution in [0.3, 0.4) is 0 Å². The van der Waals surface area contributed by atoms with E-state index in [1.54, 1.807) is 11.4 Å². The topological polar surface area (TPSA) is 72.2 Å². The van der Waals surface area contributed by atoms with Crippen molar-refractivity contribution in [1.29, 1.82) is 0 Å². The molecule has 2 rings (SSSR count). The number of thiophene rings is 1. The van der Waals surface area contributed by atoms with Crippen LogP contribution >= 0.6 is 39.5 Å². The first-order valence-electron chi connectivity index (χ1n) is 6.94. The molecule has 1 saturated carbocycles. The number of nitrogens with one attached hydrogen (secondary N) is 1. The monoisotopic (exact) mass is 410 g/mol. The summed E-state index contributed by atoms with van der Waals surface area (Å²) in [5.74, 6) is 0. The SMILES string of the molecule is NC(=S)C1(NS(=O)(=O)c2sccc2Br)CCCCCCC1. The summed E-state index contributed by atoms with van der Waals surface area (Å²) in [7, 11) is -3.62. The lowest BCUT2D eigenvalue weighted by atomic mass is 9.85. The van der Waals surface area contributed by atoms with E-state index in [9.17, 15) is 8.42 Å². The Bertz CT molecular complexity index is 605. The van der Waals surface area contributed by atoms with Crippen LogP contribution in [-0.2, 0) is 10.0 Å². The molecular weight excluding hydrogens is 392 g/mol. The molecule has 1 aromatic rings. The maximum Gasteiger partial charge on any atom is 0.252 e. The van der Waals surface area contributed by atoms with E-state index in [0.717, 1.165) is 25.7 Å². The van der Waals surface area contributed by atoms with E-state index in [1.165, 1.54) is 17.8 Å². The summed E-state index contributed by atoms with van der Waals surface area (Å²) < 4.78 is 28.9. The zero-order valence-electron chi connectivity index (χ0n) is 11.6. The third kappa shape index (κ3) is 4.04. The molecule has 0 aliphatic heterocycles. The summed E-state index contributed by atoms with van der Waals surface area (Å²) in [6.45, 7) is 0. The summed E-state index contributed by atoms with van der Waals surface area (Å²) >= 11 is 9.66. The molecule has 21 heavy (non-hydrogen) atoms. The molecule has 0 unspecified atom stereocenters. The highest BCUT2D eigenvalue weighted by Crippen LogP contribution is 2.32. The van der Waals surface area contributed by atoms with Crippen LogP contribution in [0.2, 0.25) is 0 Å². The predicted octanol–water partition coefficient (Wildman–Crippen LogP) is 3.56. The molecule has 0 saturated heterocycles. The van der Waals surface area contributed by atoms with Crippen molar-refractivity contribution in [2.45, 2.75) is 54.7 Å². The molecule has 1 fully saturated rings. The van der Waals surface area contributed by atoms with Crippen molar-refractivity contribution in [3.63, 3.8) is 0 Å². The average molecular weight is 411 g/mol. The Morgan fingerprint density at radius 1 is 1.29 bits per heavy atom. The van der Waals surface area contributed by atoms with E-state index in [-0.39, 0.29) is 9.20 Å². The van der Waals surface area contributed by atoms with Crippen molar-refractivity contribution < 1.29 is 8.42 Å². The number of rotatable bonds is 4. The minimum absolute atomic E-state index is 0.251. The molecule has 0 aromatic carbocycles. The second-order valence-electron chi connectivity index (χ2n) is 5.38. The van der Waals surface area contributed by atoms with E-state index < -0.39 is 15.6 Å². The fourth-order valence-corrected chi connectivity index (χ4v) is 6.78. The molecular formula is C13H19BrN2O2S3. The largest absolute Gasteiger partial charge is 0.392 e. The van der Waals surface area contributed by atoms with Gasteiger partial charge >= 0.3 is 0 Å². The van der Waals surface area contributed by atoms with E-state index in [0.29, 0.717) is 17.3 Å². The third-order valence-electron chi connectivity index (χ3n) is 3.84. The average Bonchev–Trinajstić information content (AvgIpc) is 2.79. The Hall–Kier alpha value is -0.0200. The molecule has 1 aliphatic carbocycles. The van der Waals surface area contributed by atoms with Gasteiger partial charge in [0.15, 0.2) is 0 Å². The first-order valence-corrected chi connectivity index (χ1v) is 10.5. The molecule has 0 atom stereocenters. The van der Waals surface area contributed by atoms with E-state index >= 15 is 0 Å². The molecule has 118 valence electrons. The number of hydrogen-bond acceptors (Lipinski definition) is 4. The van der Waals surface area contributed by atoms with Gasteiger partial charge in [-0.3, -0.25) is 0 Å². The standard InChI is InChI=1S/C13H19BrN2O2S3/c14-10-6-9-20-11(10)21(17,18)16-13(12(15)19)7-4-2-1-3-5-8-13/h6,9,16H,1-5,7-8H2,(H2,15,19). The van der Waals surface area contributed by atoms with Crippen molar-refractivity contribution in [1.82, 2.24) is 4.72 Å². The first-order chi connectivity index (χ1) is 9.87. The maximum atomic E-state index is 12.6. The van der Waals surface area contributed by atoms with Crippen molar-refractivity contribution in [2.75, 3.05) is 0 Å². The van der Waals surface area contributed by atoms with Gasteiger partial charge in [-0.1, -0.05) is 44.3 Å². The van der Waals surface area contributed by atoms with Gasteiger partial charge < -0.3 is 5.73 Å². The number of nitrogens with two attached hydrogens (primary N) is 1. The number of sulfonamides is 1. The maximum absolute atomic E-state index is 12.6. The van der Waals surface area contributed by atoms with E-state index in [1.807, 2.05) is 0 Å². The van der Waals surface area contributed by atoms with Crippen LogP contribution in [0.4, 0.5) is 0 Å². The third-order valence-corrected chi connectivity index (χ3v) is 8.43. The molecule has 3 N–H and O–H groups in total. The van der Waals surface area contributed by atoms with E-state index in [4.69, 9.17) is 18.0 Å². The fourth-order valence-electron chi connectivity index (χ4n) is 2.68. The highest BCUT2D eigenvalue weighted by molar-refractivity contribution is 9.10. The summed E-state index contributed by atoms with van der Waals surface area (Å²) in [5.41, 5.74) is 5.12. The van der Waals surface area contributed by atoms with Crippen LogP contribution in [0.15, 0.2) is 20.1 Å². The molecule has 0 spiro atoms. The van der Waals surface area contributed by atoms with Crippen molar-refractivity contribution in [3.8, 4) is 0 Å². The van der Waals surface area contributed by atoms with Crippen LogP contribution < -0.4 is 10.5 Å². The highest BCUT2D eigenvalue weighted by Gasteiger charge is 2.38. The summed E-state index contributed by atoms with van der Waals surface area (Å²) in [4.78, 5) is 0.251. The number of hydrogen-bond donors (Lipinski definition) is 2. The Morgan fingerprint density at radius 3 is 2.33 bits per heavy atom. The minimum atomic E-state index is -3.62. The lowest BCUT2D eigenvalue weighted by molar-refractivity contribution is 0.372. The van der Waals surface area contributed by atoms with Gasteiger partial charge in [-0.2, -0.15) is 4.72 Å². The summed E-state index contributed by atoms with van der Waals surface area (Å²) in [6, 6.07) is 1.73. The predicted molar refractivity (Wildman–Crippen MR) is 94.2 cm³/mol. The molecule has 0 radical (unpaired) electrons. The number of halogens is 1. The quantitative estimate of drug-likeness (QED) is 0.744. The Labute approximate surface area is 143 Å². The van der Waals surface area contributed by atoms with Crippen LogP contribution in [0.25, 0.3) is 0 Å². The van der Waals surface area contributed by atoms with Gasteiger partial charge in [0.1, 0.15) is 4.21 Å². The van der Waals surface area contributed by atoms with Gasteiger partial charge in [0, 0.05) is 4.47 Å². The molecule has 4 nitrogen and oxygen atoms in total. The van der Waals surface area contributed by atoms with Crippen LogP contribution in [0.1, 0.15) is 44.9 Å². The van der Waals surface area contributed by atoms with Crippen molar-refractivity contribution >= 4 is 54.5 Å². The van der Waals surface area contributed by atoms with Gasteiger partial charge in [0.05, 0.1) is 10.5 Å². The van der Waals surface area contributed by atoms with Crippen LogP contribution in [0, 0.1) is 0 Å². The van der Waals surface area contributed by atoms with Crippen molar-refractivity contribution in [3.05, 3.63) is 15.9 Å². The zero-order chi connectivity index (χ0) is 15.5. The minimum Gasteiger partial charge on any atom is -0.392 e. The summed E-state index contributed by atoms with van der Waals surface area (Å²) in [6.07, 6.45) is 6.59.